The quantitative estimate of drug-likeness (QED) is 0.326. The first-order valence-corrected chi connectivity index (χ1v) is 11.6. The minimum atomic E-state index is -2.60. The highest BCUT2D eigenvalue weighted by Gasteiger charge is 2.41. The van der Waals surface area contributed by atoms with E-state index in [9.17, 15) is 0 Å². The number of rotatable bonds is 16. The largest absolute Gasteiger partial charge is 0.500 e. The minimum Gasteiger partial charge on any atom is -0.373 e. The third-order valence-corrected chi connectivity index (χ3v) is 6.10. The van der Waals surface area contributed by atoms with Gasteiger partial charge in [0, 0.05) is 39.0 Å². The lowest BCUT2D eigenvalue weighted by atomic mass is 10.2. The van der Waals surface area contributed by atoms with E-state index in [4.69, 9.17) is 19.0 Å². The van der Waals surface area contributed by atoms with Gasteiger partial charge in [-0.25, -0.2) is 0 Å². The van der Waals surface area contributed by atoms with Crippen molar-refractivity contribution in [3.05, 3.63) is 0 Å². The van der Waals surface area contributed by atoms with Gasteiger partial charge in [-0.2, -0.15) is 0 Å². The van der Waals surface area contributed by atoms with Crippen LogP contribution in [0, 0.1) is 17.8 Å². The summed E-state index contributed by atoms with van der Waals surface area (Å²) in [5, 5.41) is 3.34. The second kappa shape index (κ2) is 14.2. The second-order valence-electron chi connectivity index (χ2n) is 7.79. The van der Waals surface area contributed by atoms with Gasteiger partial charge in [0.2, 0.25) is 0 Å². The average Bonchev–Trinajstić information content (AvgIpc) is 2.51. The minimum absolute atomic E-state index is 0.480. The molecule has 0 saturated carbocycles. The fourth-order valence-corrected chi connectivity index (χ4v) is 5.17. The third kappa shape index (κ3) is 13.3. The molecule has 0 amide bonds. The summed E-state index contributed by atoms with van der Waals surface area (Å²) in [4.78, 5) is 0. The Hall–Kier alpha value is 0.0169. The average molecular weight is 363 g/mol. The molecule has 24 heavy (non-hydrogen) atoms. The summed E-state index contributed by atoms with van der Waals surface area (Å²) in [6.07, 6.45) is 2.15. The molecule has 0 aliphatic carbocycles. The molecule has 5 nitrogen and oxygen atoms in total. The van der Waals surface area contributed by atoms with Gasteiger partial charge in [0.15, 0.2) is 0 Å². The fraction of sp³-hybridized carbons (Fsp3) is 1.00. The standard InChI is InChI=1S/C18H42N2O3Si/c1-16(2)13-21-24(22-14-17(3)4,23-15-18(5)6)12-8-7-10-20-11-9-19/h16-18,20H,7-15,19H2,1-6H3. The Morgan fingerprint density at radius 1 is 0.750 bits per heavy atom. The predicted molar refractivity (Wildman–Crippen MR) is 104 cm³/mol. The molecule has 0 aromatic rings. The van der Waals surface area contributed by atoms with Crippen LogP contribution in [-0.2, 0) is 13.3 Å². The summed E-state index contributed by atoms with van der Waals surface area (Å²) in [5.74, 6) is 1.44. The topological polar surface area (TPSA) is 65.7 Å². The molecule has 0 aromatic heterocycles. The van der Waals surface area contributed by atoms with Crippen LogP contribution in [0.5, 0.6) is 0 Å². The number of hydrogen-bond donors (Lipinski definition) is 2. The zero-order chi connectivity index (χ0) is 18.4. The van der Waals surface area contributed by atoms with Crippen LogP contribution in [0.4, 0.5) is 0 Å². The van der Waals surface area contributed by atoms with E-state index >= 15 is 0 Å². The Bertz CT molecular complexity index is 258. The SMILES string of the molecule is CC(C)CO[Si](CCCCNCCN)(OCC(C)C)OCC(C)C. The smallest absolute Gasteiger partial charge is 0.373 e. The summed E-state index contributed by atoms with van der Waals surface area (Å²) in [6, 6.07) is 0.892. The van der Waals surface area contributed by atoms with Crippen molar-refractivity contribution in [1.82, 2.24) is 5.32 Å². The maximum atomic E-state index is 6.27. The van der Waals surface area contributed by atoms with Gasteiger partial charge in [0.05, 0.1) is 0 Å². The maximum Gasteiger partial charge on any atom is 0.500 e. The number of nitrogens with two attached hydrogens (primary N) is 1. The van der Waals surface area contributed by atoms with Crippen molar-refractivity contribution < 1.29 is 13.3 Å². The lowest BCUT2D eigenvalue weighted by Gasteiger charge is -2.32. The van der Waals surface area contributed by atoms with Crippen LogP contribution in [0.1, 0.15) is 54.4 Å². The predicted octanol–water partition coefficient (Wildman–Crippen LogP) is 3.27. The molecular formula is C18H42N2O3Si. The molecule has 0 heterocycles. The van der Waals surface area contributed by atoms with Crippen molar-refractivity contribution in [2.75, 3.05) is 39.5 Å². The van der Waals surface area contributed by atoms with Crippen molar-refractivity contribution >= 4 is 8.80 Å². The monoisotopic (exact) mass is 362 g/mol. The number of nitrogens with one attached hydrogen (secondary N) is 1. The highest BCUT2D eigenvalue weighted by molar-refractivity contribution is 6.60. The molecule has 0 saturated heterocycles. The van der Waals surface area contributed by atoms with E-state index in [0.717, 1.165) is 32.0 Å². The van der Waals surface area contributed by atoms with Crippen molar-refractivity contribution in [1.29, 1.82) is 0 Å². The molecule has 0 aliphatic heterocycles. The number of hydrogen-bond acceptors (Lipinski definition) is 5. The van der Waals surface area contributed by atoms with Gasteiger partial charge in [-0.15, -0.1) is 0 Å². The third-order valence-electron chi connectivity index (χ3n) is 3.32. The van der Waals surface area contributed by atoms with E-state index in [1.54, 1.807) is 0 Å². The molecule has 3 N–H and O–H groups in total. The Labute approximate surface area is 151 Å². The zero-order valence-corrected chi connectivity index (χ0v) is 17.9. The molecule has 146 valence electrons. The van der Waals surface area contributed by atoms with Crippen LogP contribution < -0.4 is 11.1 Å². The first-order valence-electron chi connectivity index (χ1n) is 9.64. The first kappa shape index (κ1) is 24.0. The molecule has 0 unspecified atom stereocenters. The van der Waals surface area contributed by atoms with E-state index < -0.39 is 8.80 Å². The Morgan fingerprint density at radius 2 is 1.21 bits per heavy atom. The van der Waals surface area contributed by atoms with Crippen LogP contribution in [0.15, 0.2) is 0 Å². The van der Waals surface area contributed by atoms with Gasteiger partial charge in [-0.1, -0.05) is 41.5 Å². The lowest BCUT2D eigenvalue weighted by Crippen LogP contribution is -2.48. The Morgan fingerprint density at radius 3 is 1.58 bits per heavy atom. The normalized spacial score (nSPS) is 12.8. The highest BCUT2D eigenvalue weighted by Crippen LogP contribution is 2.22. The molecule has 0 bridgehead atoms. The Balaban J connectivity index is 4.67. The van der Waals surface area contributed by atoms with E-state index in [-0.39, 0.29) is 0 Å². The molecule has 0 atom stereocenters. The molecule has 0 rings (SSSR count). The van der Waals surface area contributed by atoms with Crippen molar-refractivity contribution in [2.45, 2.75) is 60.4 Å². The molecule has 6 heteroatoms. The van der Waals surface area contributed by atoms with Crippen LogP contribution >= 0.6 is 0 Å². The second-order valence-corrected chi connectivity index (χ2v) is 10.5. The van der Waals surface area contributed by atoms with Gasteiger partial charge in [-0.3, -0.25) is 0 Å². The highest BCUT2D eigenvalue weighted by atomic mass is 28.4. The van der Waals surface area contributed by atoms with Crippen LogP contribution in [0.25, 0.3) is 0 Å². The molecule has 0 aromatic carbocycles. The Kier molecular flexibility index (Phi) is 14.2. The van der Waals surface area contributed by atoms with Crippen LogP contribution in [0.3, 0.4) is 0 Å². The maximum absolute atomic E-state index is 6.27. The number of unbranched alkanes of at least 4 members (excludes halogenated alkanes) is 1. The summed E-state index contributed by atoms with van der Waals surface area (Å²) in [6.45, 7) is 17.7. The van der Waals surface area contributed by atoms with Crippen molar-refractivity contribution in [2.24, 2.45) is 23.5 Å². The van der Waals surface area contributed by atoms with Crippen molar-refractivity contribution in [3.63, 3.8) is 0 Å². The van der Waals surface area contributed by atoms with Crippen LogP contribution in [0.2, 0.25) is 6.04 Å². The summed E-state index contributed by atoms with van der Waals surface area (Å²) >= 11 is 0. The molecule has 0 fully saturated rings. The molecule has 0 radical (unpaired) electrons. The summed E-state index contributed by atoms with van der Waals surface area (Å²) in [5.41, 5.74) is 5.50. The van der Waals surface area contributed by atoms with Gasteiger partial charge < -0.3 is 24.3 Å². The van der Waals surface area contributed by atoms with Gasteiger partial charge in [0.25, 0.3) is 0 Å². The lowest BCUT2D eigenvalue weighted by molar-refractivity contribution is 0.0363. The summed E-state index contributed by atoms with van der Waals surface area (Å²) < 4.78 is 18.8. The molecular weight excluding hydrogens is 320 g/mol. The zero-order valence-electron chi connectivity index (χ0n) is 16.9. The molecule has 0 spiro atoms. The van der Waals surface area contributed by atoms with Crippen molar-refractivity contribution in [3.8, 4) is 0 Å². The first-order chi connectivity index (χ1) is 11.3. The van der Waals surface area contributed by atoms with Gasteiger partial charge >= 0.3 is 8.80 Å². The van der Waals surface area contributed by atoms with Crippen LogP contribution in [-0.4, -0.2) is 48.3 Å². The van der Waals surface area contributed by atoms with Gasteiger partial charge in [0.1, 0.15) is 0 Å². The van der Waals surface area contributed by atoms with E-state index in [0.29, 0.717) is 44.1 Å². The van der Waals surface area contributed by atoms with E-state index in [1.165, 1.54) is 0 Å². The van der Waals surface area contributed by atoms with Gasteiger partial charge in [-0.05, 0) is 37.1 Å². The van der Waals surface area contributed by atoms with E-state index in [1.807, 2.05) is 0 Å². The molecule has 0 aliphatic rings. The fourth-order valence-electron chi connectivity index (χ4n) is 2.04. The van der Waals surface area contributed by atoms with E-state index in [2.05, 4.69) is 46.9 Å². The summed E-state index contributed by atoms with van der Waals surface area (Å²) in [7, 11) is -2.60.